The molecule has 0 aromatic carbocycles. The van der Waals surface area contributed by atoms with Crippen molar-refractivity contribution < 1.29 is 4.79 Å². The van der Waals surface area contributed by atoms with E-state index >= 15 is 0 Å². The molecule has 3 aromatic rings. The smallest absolute Gasteiger partial charge is 0.255 e. The van der Waals surface area contributed by atoms with Gasteiger partial charge in [-0.1, -0.05) is 6.07 Å². The molecule has 0 aliphatic carbocycles. The molecule has 26 heavy (non-hydrogen) atoms. The summed E-state index contributed by atoms with van der Waals surface area (Å²) in [6.07, 6.45) is 2.10. The molecule has 7 heteroatoms. The van der Waals surface area contributed by atoms with Crippen LogP contribution in [0.2, 0.25) is 0 Å². The van der Waals surface area contributed by atoms with Gasteiger partial charge in [0.2, 0.25) is 0 Å². The summed E-state index contributed by atoms with van der Waals surface area (Å²) in [5, 5.41) is 10.6. The minimum atomic E-state index is 0.0871. The number of aromatic nitrogens is 3. The summed E-state index contributed by atoms with van der Waals surface area (Å²) < 4.78 is 1.77. The highest BCUT2D eigenvalue weighted by atomic mass is 32.1. The van der Waals surface area contributed by atoms with Crippen molar-refractivity contribution in [3.05, 3.63) is 34.8 Å². The SMILES string of the molecule is CNCC1CCCN1C(=O)c1cc(-c2cccs2)nc2c1c(C)nn2C. The van der Waals surface area contributed by atoms with Gasteiger partial charge in [-0.3, -0.25) is 9.48 Å². The Labute approximate surface area is 156 Å². The Kier molecular flexibility index (Phi) is 4.50. The third kappa shape index (κ3) is 2.81. The normalized spacial score (nSPS) is 17.3. The number of rotatable bonds is 4. The molecule has 3 aromatic heterocycles. The van der Waals surface area contributed by atoms with Crippen LogP contribution in [0.15, 0.2) is 23.6 Å². The van der Waals surface area contributed by atoms with Crippen LogP contribution in [0.4, 0.5) is 0 Å². The summed E-state index contributed by atoms with van der Waals surface area (Å²) in [6, 6.07) is 6.24. The van der Waals surface area contributed by atoms with Gasteiger partial charge in [-0.15, -0.1) is 11.3 Å². The second kappa shape index (κ2) is 6.81. The third-order valence-electron chi connectivity index (χ3n) is 5.05. The van der Waals surface area contributed by atoms with E-state index in [2.05, 4.69) is 10.4 Å². The Morgan fingerprint density at radius 1 is 1.46 bits per heavy atom. The predicted molar refractivity (Wildman–Crippen MR) is 105 cm³/mol. The van der Waals surface area contributed by atoms with E-state index < -0.39 is 0 Å². The number of amides is 1. The highest BCUT2D eigenvalue weighted by Gasteiger charge is 2.31. The van der Waals surface area contributed by atoms with Crippen molar-refractivity contribution in [2.45, 2.75) is 25.8 Å². The van der Waals surface area contributed by atoms with E-state index in [0.29, 0.717) is 5.56 Å². The first-order valence-electron chi connectivity index (χ1n) is 8.94. The molecule has 0 bridgehead atoms. The summed E-state index contributed by atoms with van der Waals surface area (Å²) in [7, 11) is 3.82. The van der Waals surface area contributed by atoms with Crippen LogP contribution in [0, 0.1) is 6.92 Å². The molecule has 1 fully saturated rings. The number of thiophene rings is 1. The molecule has 4 heterocycles. The number of nitrogens with zero attached hydrogens (tertiary/aromatic N) is 4. The lowest BCUT2D eigenvalue weighted by molar-refractivity contribution is 0.0739. The molecule has 0 saturated carbocycles. The molecule has 0 spiro atoms. The van der Waals surface area contributed by atoms with Crippen LogP contribution in [0.3, 0.4) is 0 Å². The Bertz CT molecular complexity index is 947. The molecule has 4 rings (SSSR count). The van der Waals surface area contributed by atoms with Crippen LogP contribution in [-0.2, 0) is 7.05 Å². The number of aryl methyl sites for hydroxylation is 2. The lowest BCUT2D eigenvalue weighted by Crippen LogP contribution is -2.41. The average molecular weight is 369 g/mol. The Morgan fingerprint density at radius 2 is 2.31 bits per heavy atom. The number of pyridine rings is 1. The van der Waals surface area contributed by atoms with Gasteiger partial charge in [0.15, 0.2) is 5.65 Å². The van der Waals surface area contributed by atoms with Gasteiger partial charge in [0.1, 0.15) is 0 Å². The van der Waals surface area contributed by atoms with Crippen LogP contribution < -0.4 is 5.32 Å². The van der Waals surface area contributed by atoms with Crippen LogP contribution in [-0.4, -0.2) is 51.8 Å². The number of carbonyl (C=O) groups excluding carboxylic acids is 1. The number of hydrogen-bond donors (Lipinski definition) is 1. The monoisotopic (exact) mass is 369 g/mol. The minimum absolute atomic E-state index is 0.0871. The van der Waals surface area contributed by atoms with Crippen molar-refractivity contribution in [2.24, 2.45) is 7.05 Å². The van der Waals surface area contributed by atoms with Crippen molar-refractivity contribution >= 4 is 28.3 Å². The maximum atomic E-state index is 13.5. The van der Waals surface area contributed by atoms with Gasteiger partial charge >= 0.3 is 0 Å². The van der Waals surface area contributed by atoms with Gasteiger partial charge in [-0.2, -0.15) is 5.10 Å². The maximum absolute atomic E-state index is 13.5. The lowest BCUT2D eigenvalue weighted by atomic mass is 10.1. The Hall–Kier alpha value is -2.25. The first kappa shape index (κ1) is 17.2. The predicted octanol–water partition coefficient (Wildman–Crippen LogP) is 2.83. The number of likely N-dealkylation sites (tertiary alicyclic amines) is 1. The molecule has 6 nitrogen and oxygen atoms in total. The summed E-state index contributed by atoms with van der Waals surface area (Å²) in [6.45, 7) is 3.58. The van der Waals surface area contributed by atoms with E-state index in [9.17, 15) is 4.79 Å². The highest BCUT2D eigenvalue weighted by Crippen LogP contribution is 2.31. The van der Waals surface area contributed by atoms with Crippen molar-refractivity contribution in [1.82, 2.24) is 25.0 Å². The van der Waals surface area contributed by atoms with Crippen molar-refractivity contribution in [2.75, 3.05) is 20.1 Å². The molecule has 1 atom stereocenters. The van der Waals surface area contributed by atoms with Gasteiger partial charge in [0, 0.05) is 26.2 Å². The van der Waals surface area contributed by atoms with Crippen LogP contribution >= 0.6 is 11.3 Å². The summed E-state index contributed by atoms with van der Waals surface area (Å²) in [5.74, 6) is 0.0871. The largest absolute Gasteiger partial charge is 0.334 e. The number of fused-ring (bicyclic) bond motifs is 1. The number of hydrogen-bond acceptors (Lipinski definition) is 5. The van der Waals surface area contributed by atoms with Crippen LogP contribution in [0.1, 0.15) is 28.9 Å². The van der Waals surface area contributed by atoms with Crippen LogP contribution in [0.5, 0.6) is 0 Å². The summed E-state index contributed by atoms with van der Waals surface area (Å²) in [5.41, 5.74) is 3.16. The first-order valence-corrected chi connectivity index (χ1v) is 9.82. The molecular formula is C19H23N5OS. The molecule has 1 N–H and O–H groups in total. The second-order valence-electron chi connectivity index (χ2n) is 6.79. The first-order chi connectivity index (χ1) is 12.6. The molecule has 136 valence electrons. The van der Waals surface area contributed by atoms with E-state index in [1.165, 1.54) is 0 Å². The Morgan fingerprint density at radius 3 is 3.04 bits per heavy atom. The van der Waals surface area contributed by atoms with Gasteiger partial charge in [0.25, 0.3) is 5.91 Å². The average Bonchev–Trinajstić information content (AvgIpc) is 3.36. The standard InChI is InChI=1S/C19H23N5OS/c1-12-17-14(19(25)24-8-4-6-13(24)11-20-2)10-15(16-7-5-9-26-16)21-18(17)23(3)22-12/h5,7,9-10,13,20H,4,6,8,11H2,1-3H3. The highest BCUT2D eigenvalue weighted by molar-refractivity contribution is 7.13. The molecule has 0 radical (unpaired) electrons. The van der Waals surface area contributed by atoms with Gasteiger partial charge in [-0.25, -0.2) is 4.98 Å². The lowest BCUT2D eigenvalue weighted by Gasteiger charge is -2.25. The van der Waals surface area contributed by atoms with E-state index in [-0.39, 0.29) is 11.9 Å². The molecule has 1 aliphatic rings. The van der Waals surface area contributed by atoms with Gasteiger partial charge in [-0.05, 0) is 44.3 Å². The summed E-state index contributed by atoms with van der Waals surface area (Å²) >= 11 is 1.63. The van der Waals surface area contributed by atoms with Gasteiger partial charge < -0.3 is 10.2 Å². The van der Waals surface area contributed by atoms with Gasteiger partial charge in [0.05, 0.1) is 27.2 Å². The second-order valence-corrected chi connectivity index (χ2v) is 7.74. The number of carbonyl (C=O) groups is 1. The topological polar surface area (TPSA) is 63.1 Å². The molecule has 1 aliphatic heterocycles. The van der Waals surface area contributed by atoms with Crippen LogP contribution in [0.25, 0.3) is 21.6 Å². The zero-order chi connectivity index (χ0) is 18.3. The minimum Gasteiger partial charge on any atom is -0.334 e. The van der Waals surface area contributed by atoms with E-state index in [4.69, 9.17) is 4.98 Å². The van der Waals surface area contributed by atoms with Crippen molar-refractivity contribution in [3.8, 4) is 10.6 Å². The number of likely N-dealkylation sites (N-methyl/N-ethyl adjacent to an activating group) is 1. The fourth-order valence-corrected chi connectivity index (χ4v) is 4.56. The summed E-state index contributed by atoms with van der Waals surface area (Å²) in [4.78, 5) is 21.3. The molecule has 1 unspecified atom stereocenters. The van der Waals surface area contributed by atoms with Crippen molar-refractivity contribution in [3.63, 3.8) is 0 Å². The third-order valence-corrected chi connectivity index (χ3v) is 5.94. The van der Waals surface area contributed by atoms with E-state index in [1.807, 2.05) is 49.5 Å². The fourth-order valence-electron chi connectivity index (χ4n) is 3.87. The number of nitrogens with one attached hydrogen (secondary N) is 1. The zero-order valence-electron chi connectivity index (χ0n) is 15.3. The molecule has 1 saturated heterocycles. The fraction of sp³-hybridized carbons (Fsp3) is 0.421. The van der Waals surface area contributed by atoms with Crippen molar-refractivity contribution in [1.29, 1.82) is 0 Å². The van der Waals surface area contributed by atoms with E-state index in [1.54, 1.807) is 16.0 Å². The zero-order valence-corrected chi connectivity index (χ0v) is 16.1. The molecular weight excluding hydrogens is 346 g/mol. The quantitative estimate of drug-likeness (QED) is 0.768. The Balaban J connectivity index is 1.86. The van der Waals surface area contributed by atoms with E-state index in [0.717, 1.165) is 53.2 Å². The maximum Gasteiger partial charge on any atom is 0.255 e. The molecule has 1 amide bonds.